The summed E-state index contributed by atoms with van der Waals surface area (Å²) in [6, 6.07) is 4.43. The molecule has 0 spiro atoms. The fraction of sp³-hybridized carbons (Fsp3) is 0.0833. The Kier molecular flexibility index (Phi) is 3.10. The molecule has 17 heavy (non-hydrogen) atoms. The van der Waals surface area contributed by atoms with Crippen LogP contribution >= 0.6 is 11.3 Å². The van der Waals surface area contributed by atoms with Crippen LogP contribution in [0.1, 0.15) is 15.9 Å². The summed E-state index contributed by atoms with van der Waals surface area (Å²) in [5.41, 5.74) is 7.16. The maximum absolute atomic E-state index is 13.4. The quantitative estimate of drug-likeness (QED) is 0.805. The van der Waals surface area contributed by atoms with Crippen LogP contribution in [0.5, 0.6) is 0 Å². The first-order valence-electron chi connectivity index (χ1n) is 4.97. The lowest BCUT2D eigenvalue weighted by Gasteiger charge is -2.06. The predicted molar refractivity (Wildman–Crippen MR) is 67.8 cm³/mol. The fourth-order valence-electron chi connectivity index (χ4n) is 1.37. The zero-order chi connectivity index (χ0) is 12.4. The molecule has 1 heterocycles. The Morgan fingerprint density at radius 1 is 1.47 bits per heavy atom. The molecule has 0 radical (unpaired) electrons. The highest BCUT2D eigenvalue weighted by molar-refractivity contribution is 7.08. The van der Waals surface area contributed by atoms with Crippen molar-refractivity contribution in [3.05, 3.63) is 45.9 Å². The number of benzene rings is 1. The standard InChI is InChI=1S/C12H11FN2OS/c1-7-10(13)4-8(5-11(7)14)12(16)15-9-2-3-17-6-9/h2-6H,14H2,1H3,(H,15,16). The zero-order valence-electron chi connectivity index (χ0n) is 9.16. The lowest BCUT2D eigenvalue weighted by Crippen LogP contribution is -2.12. The van der Waals surface area contributed by atoms with E-state index in [4.69, 9.17) is 5.73 Å². The van der Waals surface area contributed by atoms with Gasteiger partial charge in [-0.25, -0.2) is 4.39 Å². The van der Waals surface area contributed by atoms with Crippen LogP contribution < -0.4 is 11.1 Å². The second-order valence-corrected chi connectivity index (χ2v) is 4.42. The van der Waals surface area contributed by atoms with Crippen molar-refractivity contribution in [3.63, 3.8) is 0 Å². The summed E-state index contributed by atoms with van der Waals surface area (Å²) in [7, 11) is 0. The molecular formula is C12H11FN2OS. The molecule has 0 atom stereocenters. The molecule has 2 aromatic rings. The summed E-state index contributed by atoms with van der Waals surface area (Å²) >= 11 is 1.47. The van der Waals surface area contributed by atoms with Crippen LogP contribution in [0.15, 0.2) is 29.0 Å². The first-order chi connectivity index (χ1) is 8.08. The van der Waals surface area contributed by atoms with Crippen LogP contribution in [-0.2, 0) is 0 Å². The molecule has 1 amide bonds. The lowest BCUT2D eigenvalue weighted by atomic mass is 10.1. The average molecular weight is 250 g/mol. The molecule has 0 aliphatic heterocycles. The van der Waals surface area contributed by atoms with Crippen molar-refractivity contribution in [1.82, 2.24) is 0 Å². The van der Waals surface area contributed by atoms with E-state index in [1.807, 2.05) is 5.38 Å². The van der Waals surface area contributed by atoms with Crippen molar-refractivity contribution in [1.29, 1.82) is 0 Å². The van der Waals surface area contributed by atoms with Crippen molar-refractivity contribution in [3.8, 4) is 0 Å². The van der Waals surface area contributed by atoms with E-state index in [1.54, 1.807) is 18.4 Å². The number of anilines is 2. The Labute approximate surface area is 102 Å². The molecule has 0 fully saturated rings. The number of hydrogen-bond acceptors (Lipinski definition) is 3. The largest absolute Gasteiger partial charge is 0.398 e. The van der Waals surface area contributed by atoms with Gasteiger partial charge in [0, 0.05) is 22.2 Å². The summed E-state index contributed by atoms with van der Waals surface area (Å²) in [5, 5.41) is 6.31. The number of carbonyl (C=O) groups excluding carboxylic acids is 1. The van der Waals surface area contributed by atoms with Gasteiger partial charge in [-0.2, -0.15) is 11.3 Å². The van der Waals surface area contributed by atoms with Crippen molar-refractivity contribution >= 4 is 28.6 Å². The van der Waals surface area contributed by atoms with Crippen LogP contribution in [0.4, 0.5) is 15.8 Å². The molecule has 0 aliphatic rings. The minimum atomic E-state index is -0.472. The molecule has 1 aromatic heterocycles. The fourth-order valence-corrected chi connectivity index (χ4v) is 1.96. The smallest absolute Gasteiger partial charge is 0.255 e. The average Bonchev–Trinajstić information content (AvgIpc) is 2.77. The number of halogens is 1. The zero-order valence-corrected chi connectivity index (χ0v) is 9.98. The van der Waals surface area contributed by atoms with Gasteiger partial charge in [-0.05, 0) is 30.5 Å². The third-order valence-corrected chi connectivity index (χ3v) is 3.11. The van der Waals surface area contributed by atoms with Crippen molar-refractivity contribution < 1.29 is 9.18 Å². The summed E-state index contributed by atoms with van der Waals surface area (Å²) in [4.78, 5) is 11.8. The highest BCUT2D eigenvalue weighted by Gasteiger charge is 2.11. The Bertz CT molecular complexity index is 529. The van der Waals surface area contributed by atoms with Gasteiger partial charge < -0.3 is 11.1 Å². The molecule has 88 valence electrons. The van der Waals surface area contributed by atoms with E-state index in [0.29, 0.717) is 11.3 Å². The minimum Gasteiger partial charge on any atom is -0.398 e. The SMILES string of the molecule is Cc1c(N)cc(C(=O)Nc2ccsc2)cc1F. The number of nitrogens with two attached hydrogens (primary N) is 1. The van der Waals surface area contributed by atoms with Crippen LogP contribution in [0.3, 0.4) is 0 Å². The molecule has 0 aliphatic carbocycles. The number of thiophene rings is 1. The third-order valence-electron chi connectivity index (χ3n) is 2.43. The first-order valence-corrected chi connectivity index (χ1v) is 5.91. The van der Waals surface area contributed by atoms with E-state index in [0.717, 1.165) is 0 Å². The van der Waals surface area contributed by atoms with Gasteiger partial charge >= 0.3 is 0 Å². The van der Waals surface area contributed by atoms with Gasteiger partial charge in [0.1, 0.15) is 5.82 Å². The van der Waals surface area contributed by atoms with E-state index < -0.39 is 5.82 Å². The van der Waals surface area contributed by atoms with E-state index >= 15 is 0 Å². The third kappa shape index (κ3) is 2.45. The van der Waals surface area contributed by atoms with Crippen LogP contribution in [0.2, 0.25) is 0 Å². The Morgan fingerprint density at radius 2 is 2.24 bits per heavy atom. The summed E-state index contributed by atoms with van der Waals surface area (Å²) in [6.45, 7) is 1.57. The highest BCUT2D eigenvalue weighted by Crippen LogP contribution is 2.19. The van der Waals surface area contributed by atoms with Gasteiger partial charge in [0.2, 0.25) is 0 Å². The Balaban J connectivity index is 2.26. The molecule has 3 nitrogen and oxygen atoms in total. The van der Waals surface area contributed by atoms with Gasteiger partial charge in [0.05, 0.1) is 5.69 Å². The summed E-state index contributed by atoms with van der Waals surface area (Å²) < 4.78 is 13.4. The summed E-state index contributed by atoms with van der Waals surface area (Å²) in [6.07, 6.45) is 0. The molecule has 0 unspecified atom stereocenters. The van der Waals surface area contributed by atoms with E-state index in [1.165, 1.54) is 23.5 Å². The molecular weight excluding hydrogens is 239 g/mol. The highest BCUT2D eigenvalue weighted by atomic mass is 32.1. The summed E-state index contributed by atoms with van der Waals surface area (Å²) in [5.74, 6) is -0.838. The molecule has 3 N–H and O–H groups in total. The number of nitrogens with one attached hydrogen (secondary N) is 1. The predicted octanol–water partition coefficient (Wildman–Crippen LogP) is 3.03. The lowest BCUT2D eigenvalue weighted by molar-refractivity contribution is 0.102. The van der Waals surface area contributed by atoms with Crippen molar-refractivity contribution in [2.75, 3.05) is 11.1 Å². The molecule has 0 bridgehead atoms. The normalized spacial score (nSPS) is 10.2. The maximum Gasteiger partial charge on any atom is 0.255 e. The van der Waals surface area contributed by atoms with Gasteiger partial charge in [0.15, 0.2) is 0 Å². The van der Waals surface area contributed by atoms with Gasteiger partial charge in [-0.1, -0.05) is 0 Å². The number of rotatable bonds is 2. The molecule has 5 heteroatoms. The molecule has 2 rings (SSSR count). The minimum absolute atomic E-state index is 0.219. The molecule has 1 aromatic carbocycles. The molecule has 0 saturated heterocycles. The molecule has 0 saturated carbocycles. The second kappa shape index (κ2) is 4.55. The Morgan fingerprint density at radius 3 is 2.82 bits per heavy atom. The van der Waals surface area contributed by atoms with E-state index in [2.05, 4.69) is 5.32 Å². The first kappa shape index (κ1) is 11.6. The number of nitrogen functional groups attached to an aromatic ring is 1. The van der Waals surface area contributed by atoms with Crippen LogP contribution in [0.25, 0.3) is 0 Å². The second-order valence-electron chi connectivity index (χ2n) is 3.64. The number of carbonyl (C=O) groups is 1. The van der Waals surface area contributed by atoms with Crippen LogP contribution in [-0.4, -0.2) is 5.91 Å². The van der Waals surface area contributed by atoms with Gasteiger partial charge in [-0.15, -0.1) is 0 Å². The Hall–Kier alpha value is -1.88. The maximum atomic E-state index is 13.4. The van der Waals surface area contributed by atoms with Crippen LogP contribution in [0, 0.1) is 12.7 Å². The van der Waals surface area contributed by atoms with Crippen molar-refractivity contribution in [2.24, 2.45) is 0 Å². The number of hydrogen-bond donors (Lipinski definition) is 2. The monoisotopic (exact) mass is 250 g/mol. The van der Waals surface area contributed by atoms with E-state index in [9.17, 15) is 9.18 Å². The topological polar surface area (TPSA) is 55.1 Å². The number of amides is 1. The van der Waals surface area contributed by atoms with E-state index in [-0.39, 0.29) is 17.2 Å². The van der Waals surface area contributed by atoms with Crippen molar-refractivity contribution in [2.45, 2.75) is 6.92 Å². The van der Waals surface area contributed by atoms with Gasteiger partial charge in [-0.3, -0.25) is 4.79 Å². The van der Waals surface area contributed by atoms with Gasteiger partial charge in [0.25, 0.3) is 5.91 Å².